The van der Waals surface area contributed by atoms with Crippen LogP contribution >= 0.6 is 11.6 Å². The van der Waals surface area contributed by atoms with Crippen molar-refractivity contribution < 1.29 is 14.3 Å². The van der Waals surface area contributed by atoms with Crippen LogP contribution in [-0.4, -0.2) is 24.6 Å². The van der Waals surface area contributed by atoms with Gasteiger partial charge in [-0.05, 0) is 24.5 Å². The molecule has 5 heteroatoms. The average molecular weight is 322 g/mol. The van der Waals surface area contributed by atoms with Crippen LogP contribution in [0.4, 0.5) is 5.69 Å². The maximum Gasteiger partial charge on any atom is 0.339 e. The van der Waals surface area contributed by atoms with E-state index >= 15 is 0 Å². The second-order valence-corrected chi connectivity index (χ2v) is 6.22. The van der Waals surface area contributed by atoms with Crippen molar-refractivity contribution in [2.45, 2.75) is 33.1 Å². The zero-order valence-electron chi connectivity index (χ0n) is 13.1. The zero-order valence-corrected chi connectivity index (χ0v) is 13.8. The minimum absolute atomic E-state index is 0.205. The lowest BCUT2D eigenvalue weighted by Crippen LogP contribution is -2.28. The molecule has 1 fully saturated rings. The highest BCUT2D eigenvalue weighted by Gasteiger charge is 2.28. The van der Waals surface area contributed by atoms with Gasteiger partial charge >= 0.3 is 5.97 Å². The fourth-order valence-corrected chi connectivity index (χ4v) is 3.02. The van der Waals surface area contributed by atoms with Crippen LogP contribution in [0.5, 0.6) is 0 Å². The first-order valence-corrected chi connectivity index (χ1v) is 7.77. The summed E-state index contributed by atoms with van der Waals surface area (Å²) in [6.45, 7) is 4.25. The van der Waals surface area contributed by atoms with E-state index in [1.807, 2.05) is 0 Å². The maximum absolute atomic E-state index is 11.8. The van der Waals surface area contributed by atoms with E-state index in [1.54, 1.807) is 18.2 Å². The number of rotatable bonds is 3. The Balaban J connectivity index is 2.42. The number of aliphatic imine (C=N–C) groups is 1. The summed E-state index contributed by atoms with van der Waals surface area (Å²) in [5, 5.41) is 0.266. The number of Topliss-reactive ketones (excluding diaryl/α,β-unsaturated/α-hetero) is 1. The molecule has 0 aromatic heterocycles. The quantitative estimate of drug-likeness (QED) is 0.783. The second-order valence-electron chi connectivity index (χ2n) is 5.84. The lowest BCUT2D eigenvalue weighted by Gasteiger charge is -2.26. The maximum atomic E-state index is 11.8. The third-order valence-corrected chi connectivity index (χ3v) is 4.39. The molecule has 0 bridgehead atoms. The molecule has 118 valence electrons. The summed E-state index contributed by atoms with van der Waals surface area (Å²) < 4.78 is 4.71. The molecule has 1 atom stereocenters. The van der Waals surface area contributed by atoms with Crippen LogP contribution in [0, 0.1) is 11.8 Å². The van der Waals surface area contributed by atoms with Gasteiger partial charge in [0.1, 0.15) is 5.78 Å². The number of carbonyl (C=O) groups excluding carboxylic acids is 2. The molecular formula is C17H20ClNO3. The third kappa shape index (κ3) is 3.55. The minimum Gasteiger partial charge on any atom is -0.465 e. The Bertz CT molecular complexity index is 622. The van der Waals surface area contributed by atoms with E-state index in [9.17, 15) is 9.59 Å². The first-order valence-electron chi connectivity index (χ1n) is 7.40. The van der Waals surface area contributed by atoms with Crippen molar-refractivity contribution in [3.63, 3.8) is 0 Å². The molecule has 1 aliphatic carbocycles. The van der Waals surface area contributed by atoms with Gasteiger partial charge in [0.15, 0.2) is 0 Å². The number of methoxy groups -OCH3 is 1. The number of hydrogen-bond acceptors (Lipinski definition) is 4. The molecule has 0 N–H and O–H groups in total. The van der Waals surface area contributed by atoms with Gasteiger partial charge in [-0.15, -0.1) is 0 Å². The van der Waals surface area contributed by atoms with Crippen molar-refractivity contribution in [1.29, 1.82) is 0 Å². The predicted octanol–water partition coefficient (Wildman–Crippen LogP) is 4.22. The smallest absolute Gasteiger partial charge is 0.339 e. The molecule has 0 heterocycles. The molecule has 4 nitrogen and oxygen atoms in total. The Hall–Kier alpha value is -1.68. The normalized spacial score (nSPS) is 20.5. The van der Waals surface area contributed by atoms with Crippen LogP contribution in [0.2, 0.25) is 5.02 Å². The van der Waals surface area contributed by atoms with E-state index in [4.69, 9.17) is 16.3 Å². The number of nitrogens with zero attached hydrogens (tertiary/aromatic N) is 1. The lowest BCUT2D eigenvalue weighted by atomic mass is 9.79. The van der Waals surface area contributed by atoms with Crippen LogP contribution in [0.3, 0.4) is 0 Å². The number of carbonyl (C=O) groups is 2. The summed E-state index contributed by atoms with van der Waals surface area (Å²) in [7, 11) is 1.31. The molecule has 1 aromatic carbocycles. The number of hydrogen-bond donors (Lipinski definition) is 0. The highest BCUT2D eigenvalue weighted by Crippen LogP contribution is 2.33. The molecular weight excluding hydrogens is 302 g/mol. The van der Waals surface area contributed by atoms with E-state index in [0.29, 0.717) is 24.4 Å². The summed E-state index contributed by atoms with van der Waals surface area (Å²) >= 11 is 6.27. The van der Waals surface area contributed by atoms with Crippen molar-refractivity contribution in [3.05, 3.63) is 28.8 Å². The Morgan fingerprint density at radius 1 is 1.41 bits per heavy atom. The Morgan fingerprint density at radius 2 is 2.14 bits per heavy atom. The summed E-state index contributed by atoms with van der Waals surface area (Å²) in [5.74, 6) is 0.396. The van der Waals surface area contributed by atoms with Crippen molar-refractivity contribution in [2.75, 3.05) is 7.11 Å². The number of ketones is 1. The summed E-state index contributed by atoms with van der Waals surface area (Å²) in [6, 6.07) is 5.06. The highest BCUT2D eigenvalue weighted by molar-refractivity contribution is 6.36. The monoisotopic (exact) mass is 321 g/mol. The summed E-state index contributed by atoms with van der Waals surface area (Å²) in [6.07, 6.45) is 1.79. The van der Waals surface area contributed by atoms with Gasteiger partial charge in [-0.3, -0.25) is 9.79 Å². The molecule has 0 radical (unpaired) electrons. The highest BCUT2D eigenvalue weighted by atomic mass is 35.5. The van der Waals surface area contributed by atoms with Gasteiger partial charge in [0, 0.05) is 24.5 Å². The molecule has 0 aliphatic heterocycles. The predicted molar refractivity (Wildman–Crippen MR) is 87.1 cm³/mol. The van der Waals surface area contributed by atoms with Gasteiger partial charge in [0.25, 0.3) is 0 Å². The Morgan fingerprint density at radius 3 is 2.77 bits per heavy atom. The van der Waals surface area contributed by atoms with Crippen molar-refractivity contribution in [1.82, 2.24) is 0 Å². The van der Waals surface area contributed by atoms with Crippen LogP contribution in [0.15, 0.2) is 23.2 Å². The summed E-state index contributed by atoms with van der Waals surface area (Å²) in [4.78, 5) is 28.0. The van der Waals surface area contributed by atoms with Gasteiger partial charge in [-0.2, -0.15) is 0 Å². The van der Waals surface area contributed by atoms with E-state index in [1.165, 1.54) is 7.11 Å². The minimum atomic E-state index is -0.493. The number of esters is 1. The van der Waals surface area contributed by atoms with Gasteiger partial charge in [0.05, 0.1) is 23.4 Å². The largest absolute Gasteiger partial charge is 0.465 e. The number of ether oxygens (including phenoxy) is 1. The van der Waals surface area contributed by atoms with E-state index < -0.39 is 5.97 Å². The van der Waals surface area contributed by atoms with Crippen molar-refractivity contribution >= 4 is 34.8 Å². The molecule has 1 unspecified atom stereocenters. The SMILES string of the molecule is COC(=O)c1cccc(N=C2CC(=O)CCC2C(C)C)c1Cl. The van der Waals surface area contributed by atoms with Crippen molar-refractivity contribution in [3.8, 4) is 0 Å². The van der Waals surface area contributed by atoms with Gasteiger partial charge in [0.2, 0.25) is 0 Å². The molecule has 2 rings (SSSR count). The fraction of sp³-hybridized carbons (Fsp3) is 0.471. The van der Waals surface area contributed by atoms with Gasteiger partial charge in [-0.25, -0.2) is 4.79 Å². The number of halogens is 1. The Kier molecular flexibility index (Phi) is 5.35. The first kappa shape index (κ1) is 16.7. The molecule has 0 spiro atoms. The molecule has 22 heavy (non-hydrogen) atoms. The average Bonchev–Trinajstić information content (AvgIpc) is 2.48. The lowest BCUT2D eigenvalue weighted by molar-refractivity contribution is -0.118. The molecule has 1 aliphatic rings. The van der Waals surface area contributed by atoms with Crippen LogP contribution in [-0.2, 0) is 9.53 Å². The van der Waals surface area contributed by atoms with E-state index in [2.05, 4.69) is 18.8 Å². The zero-order chi connectivity index (χ0) is 16.3. The van der Waals surface area contributed by atoms with Crippen molar-refractivity contribution in [2.24, 2.45) is 16.8 Å². The van der Waals surface area contributed by atoms with E-state index in [0.717, 1.165) is 12.1 Å². The number of benzene rings is 1. The summed E-state index contributed by atoms with van der Waals surface area (Å²) in [5.41, 5.74) is 1.66. The van der Waals surface area contributed by atoms with Crippen LogP contribution < -0.4 is 0 Å². The standard InChI is InChI=1S/C17H20ClNO3/c1-10(2)12-8-7-11(20)9-15(12)19-14-6-4-5-13(16(14)18)17(21)22-3/h4-6,10,12H,7-9H2,1-3H3. The topological polar surface area (TPSA) is 55.7 Å². The molecule has 0 amide bonds. The molecule has 0 saturated heterocycles. The molecule has 1 aromatic rings. The molecule has 1 saturated carbocycles. The van der Waals surface area contributed by atoms with Crippen LogP contribution in [0.1, 0.15) is 43.5 Å². The fourth-order valence-electron chi connectivity index (χ4n) is 2.77. The third-order valence-electron chi connectivity index (χ3n) is 3.99. The second kappa shape index (κ2) is 7.05. The van der Waals surface area contributed by atoms with Gasteiger partial charge in [-0.1, -0.05) is 31.5 Å². The Labute approximate surface area is 135 Å². The first-order chi connectivity index (χ1) is 10.4. The van der Waals surface area contributed by atoms with Crippen LogP contribution in [0.25, 0.3) is 0 Å². The van der Waals surface area contributed by atoms with Gasteiger partial charge < -0.3 is 4.74 Å². The van der Waals surface area contributed by atoms with E-state index in [-0.39, 0.29) is 22.3 Å².